The van der Waals surface area contributed by atoms with Crippen LogP contribution < -0.4 is 9.80 Å². The minimum Gasteiger partial charge on any atom is -0.477 e. The first-order valence-corrected chi connectivity index (χ1v) is 9.48. The van der Waals surface area contributed by atoms with Crippen molar-refractivity contribution in [1.29, 1.82) is 0 Å². The summed E-state index contributed by atoms with van der Waals surface area (Å²) in [4.78, 5) is 15.8. The fourth-order valence-corrected chi connectivity index (χ4v) is 4.54. The predicted molar refractivity (Wildman–Crippen MR) is 92.0 cm³/mol. The summed E-state index contributed by atoms with van der Waals surface area (Å²) in [6.45, 7) is 5.00. The number of likely N-dealkylation sites (N-methyl/N-ethyl adjacent to an activating group) is 1. The second-order valence-corrected chi connectivity index (χ2v) is 8.04. The molecule has 1 fully saturated rings. The molecule has 0 unspecified atom stereocenters. The van der Waals surface area contributed by atoms with Gasteiger partial charge >= 0.3 is 5.97 Å². The van der Waals surface area contributed by atoms with Gasteiger partial charge in [-0.2, -0.15) is 0 Å². The number of anilines is 2. The predicted octanol–water partition coefficient (Wildman–Crippen LogP) is 1.12. The van der Waals surface area contributed by atoms with Crippen LogP contribution in [0.2, 0.25) is 0 Å². The first kappa shape index (κ1) is 17.7. The van der Waals surface area contributed by atoms with Crippen molar-refractivity contribution in [2.75, 3.05) is 49.6 Å². The summed E-state index contributed by atoms with van der Waals surface area (Å²) in [6.07, 6.45) is 1.10. The van der Waals surface area contributed by atoms with E-state index in [1.54, 1.807) is 6.92 Å². The van der Waals surface area contributed by atoms with Gasteiger partial charge in [0.15, 0.2) is 4.91 Å². The summed E-state index contributed by atoms with van der Waals surface area (Å²) in [7, 11) is -2.26. The van der Waals surface area contributed by atoms with E-state index in [1.807, 2.05) is 11.9 Å². The maximum Gasteiger partial charge on any atom is 0.349 e. The van der Waals surface area contributed by atoms with Gasteiger partial charge in [0.05, 0.1) is 16.3 Å². The largest absolute Gasteiger partial charge is 0.477 e. The summed E-state index contributed by atoms with van der Waals surface area (Å²) < 4.78 is 39.7. The van der Waals surface area contributed by atoms with Crippen molar-refractivity contribution in [1.82, 2.24) is 4.90 Å². The normalized spacial score (nSPS) is 20.2. The van der Waals surface area contributed by atoms with Crippen molar-refractivity contribution in [3.8, 4) is 0 Å². The SMILES string of the molecule is CCN1C=C(C(=O)O)S(=O)(=O)c2cc(F)c(N3CCN(C)CC3)cc21. The van der Waals surface area contributed by atoms with Gasteiger partial charge < -0.3 is 19.8 Å². The van der Waals surface area contributed by atoms with Crippen LogP contribution >= 0.6 is 0 Å². The molecule has 7 nitrogen and oxygen atoms in total. The van der Waals surface area contributed by atoms with Crippen LogP contribution in [0.25, 0.3) is 0 Å². The van der Waals surface area contributed by atoms with Crippen molar-refractivity contribution in [3.63, 3.8) is 0 Å². The highest BCUT2D eigenvalue weighted by atomic mass is 32.2. The second-order valence-electron chi connectivity index (χ2n) is 6.15. The monoisotopic (exact) mass is 369 g/mol. The minimum atomic E-state index is -4.25. The lowest BCUT2D eigenvalue weighted by Gasteiger charge is -2.35. The van der Waals surface area contributed by atoms with Gasteiger partial charge in [-0.3, -0.25) is 0 Å². The summed E-state index contributed by atoms with van der Waals surface area (Å²) in [5, 5.41) is 9.18. The van der Waals surface area contributed by atoms with Gasteiger partial charge in [-0.05, 0) is 26.1 Å². The fourth-order valence-electron chi connectivity index (χ4n) is 3.09. The van der Waals surface area contributed by atoms with Gasteiger partial charge in [-0.25, -0.2) is 17.6 Å². The first-order chi connectivity index (χ1) is 11.8. The summed E-state index contributed by atoms with van der Waals surface area (Å²) in [6, 6.07) is 2.45. The number of sulfone groups is 1. The van der Waals surface area contributed by atoms with E-state index in [0.29, 0.717) is 31.0 Å². The molecule has 1 aromatic carbocycles. The minimum absolute atomic E-state index is 0.301. The van der Waals surface area contributed by atoms with Crippen molar-refractivity contribution in [3.05, 3.63) is 29.1 Å². The van der Waals surface area contributed by atoms with Crippen LogP contribution in [0, 0.1) is 5.82 Å². The number of benzene rings is 1. The Bertz CT molecular complexity index is 845. The Morgan fingerprint density at radius 2 is 1.84 bits per heavy atom. The zero-order valence-electron chi connectivity index (χ0n) is 14.1. The Morgan fingerprint density at radius 3 is 2.40 bits per heavy atom. The molecule has 3 rings (SSSR count). The Hall–Kier alpha value is -2.13. The highest BCUT2D eigenvalue weighted by Gasteiger charge is 2.36. The fraction of sp³-hybridized carbons (Fsp3) is 0.438. The number of carbonyl (C=O) groups is 1. The molecule has 0 spiro atoms. The number of hydrogen-bond acceptors (Lipinski definition) is 6. The van der Waals surface area contributed by atoms with E-state index in [1.165, 1.54) is 11.0 Å². The molecule has 0 saturated carbocycles. The molecule has 0 amide bonds. The van der Waals surface area contributed by atoms with Gasteiger partial charge in [0.25, 0.3) is 0 Å². The van der Waals surface area contributed by atoms with Crippen molar-refractivity contribution >= 4 is 27.2 Å². The zero-order valence-corrected chi connectivity index (χ0v) is 14.9. The molecule has 2 heterocycles. The number of fused-ring (bicyclic) bond motifs is 1. The second kappa shape index (κ2) is 6.30. The van der Waals surface area contributed by atoms with Crippen LogP contribution in [-0.4, -0.2) is 64.2 Å². The highest BCUT2D eigenvalue weighted by molar-refractivity contribution is 7.96. The summed E-state index contributed by atoms with van der Waals surface area (Å²) in [5.74, 6) is -2.21. The molecule has 9 heteroatoms. The molecule has 136 valence electrons. The molecular weight excluding hydrogens is 349 g/mol. The number of aliphatic carboxylic acids is 1. The van der Waals surface area contributed by atoms with Gasteiger partial charge in [0.1, 0.15) is 5.82 Å². The van der Waals surface area contributed by atoms with E-state index >= 15 is 0 Å². The average Bonchev–Trinajstić information content (AvgIpc) is 2.55. The highest BCUT2D eigenvalue weighted by Crippen LogP contribution is 2.39. The van der Waals surface area contributed by atoms with Crippen LogP contribution in [0.1, 0.15) is 6.92 Å². The van der Waals surface area contributed by atoms with Crippen molar-refractivity contribution < 1.29 is 22.7 Å². The number of rotatable bonds is 3. The third-order valence-corrected chi connectivity index (χ3v) is 6.35. The van der Waals surface area contributed by atoms with E-state index in [4.69, 9.17) is 0 Å². The number of halogens is 1. The van der Waals surface area contributed by atoms with Gasteiger partial charge in [0.2, 0.25) is 9.84 Å². The molecule has 2 aliphatic rings. The van der Waals surface area contributed by atoms with E-state index < -0.39 is 26.5 Å². The van der Waals surface area contributed by atoms with Gasteiger partial charge in [0, 0.05) is 38.9 Å². The van der Waals surface area contributed by atoms with Gasteiger partial charge in [-0.15, -0.1) is 0 Å². The molecule has 0 bridgehead atoms. The summed E-state index contributed by atoms with van der Waals surface area (Å²) >= 11 is 0. The lowest BCUT2D eigenvalue weighted by atomic mass is 10.2. The molecule has 0 aromatic heterocycles. The molecule has 25 heavy (non-hydrogen) atoms. The lowest BCUT2D eigenvalue weighted by molar-refractivity contribution is -0.131. The van der Waals surface area contributed by atoms with Crippen LogP contribution in [0.15, 0.2) is 28.1 Å². The molecule has 2 aliphatic heterocycles. The molecule has 1 aromatic rings. The smallest absolute Gasteiger partial charge is 0.349 e. The van der Waals surface area contributed by atoms with Crippen LogP contribution in [0.4, 0.5) is 15.8 Å². The Balaban J connectivity index is 2.11. The van der Waals surface area contributed by atoms with Crippen LogP contribution in [0.3, 0.4) is 0 Å². The van der Waals surface area contributed by atoms with E-state index in [2.05, 4.69) is 4.90 Å². The Morgan fingerprint density at radius 1 is 1.20 bits per heavy atom. The number of nitrogens with zero attached hydrogens (tertiary/aromatic N) is 3. The number of carboxylic acids is 1. The lowest BCUT2D eigenvalue weighted by Crippen LogP contribution is -2.45. The Kier molecular flexibility index (Phi) is 4.46. The molecular formula is C16H20FN3O4S. The van der Waals surface area contributed by atoms with Crippen molar-refractivity contribution in [2.45, 2.75) is 11.8 Å². The van der Waals surface area contributed by atoms with E-state index in [9.17, 15) is 22.7 Å². The first-order valence-electron chi connectivity index (χ1n) is 7.99. The number of carboxylic acid groups (broad SMARTS) is 1. The van der Waals surface area contributed by atoms with E-state index in [0.717, 1.165) is 25.4 Å². The quantitative estimate of drug-likeness (QED) is 0.855. The molecule has 0 radical (unpaired) electrons. The molecule has 0 aliphatic carbocycles. The molecule has 1 N–H and O–H groups in total. The average molecular weight is 369 g/mol. The third kappa shape index (κ3) is 2.98. The summed E-state index contributed by atoms with van der Waals surface area (Å²) in [5.41, 5.74) is 0.649. The molecule has 0 atom stereocenters. The number of hydrogen-bond donors (Lipinski definition) is 1. The Labute approximate surface area is 145 Å². The standard InChI is InChI=1S/C16H20FN3O4S/c1-3-19-10-15(16(21)22)25(23,24)14-8-11(17)12(9-13(14)19)20-6-4-18(2)5-7-20/h8-10H,3-7H2,1-2H3,(H,21,22). The van der Waals surface area contributed by atoms with Gasteiger partial charge in [-0.1, -0.05) is 0 Å². The maximum absolute atomic E-state index is 14.7. The zero-order chi connectivity index (χ0) is 18.4. The topological polar surface area (TPSA) is 81.2 Å². The maximum atomic E-state index is 14.7. The number of piperazine rings is 1. The van der Waals surface area contributed by atoms with Crippen molar-refractivity contribution in [2.24, 2.45) is 0 Å². The third-order valence-electron chi connectivity index (χ3n) is 4.59. The van der Waals surface area contributed by atoms with E-state index in [-0.39, 0.29) is 4.90 Å². The van der Waals surface area contributed by atoms with Crippen LogP contribution in [0.5, 0.6) is 0 Å². The van der Waals surface area contributed by atoms with Crippen LogP contribution in [-0.2, 0) is 14.6 Å². The molecule has 1 saturated heterocycles.